The van der Waals surface area contributed by atoms with E-state index in [4.69, 9.17) is 9.47 Å². The fourth-order valence-electron chi connectivity index (χ4n) is 3.18. The summed E-state index contributed by atoms with van der Waals surface area (Å²) in [7, 11) is 0. The molecule has 3 rings (SSSR count). The zero-order valence-corrected chi connectivity index (χ0v) is 14.6. The van der Waals surface area contributed by atoms with Crippen LogP contribution in [0.15, 0.2) is 24.3 Å². The van der Waals surface area contributed by atoms with Crippen LogP contribution in [0.4, 0.5) is 4.79 Å². The van der Waals surface area contributed by atoms with Crippen LogP contribution >= 0.6 is 0 Å². The molecule has 0 unspecified atom stereocenters. The van der Waals surface area contributed by atoms with Crippen LogP contribution in [0.2, 0.25) is 0 Å². The fourth-order valence-corrected chi connectivity index (χ4v) is 3.18. The molecule has 3 atom stereocenters. The number of nitrogens with one attached hydrogen (secondary N) is 2. The molecule has 1 heterocycles. The molecule has 0 bridgehead atoms. The second-order valence-electron chi connectivity index (χ2n) is 7.06. The van der Waals surface area contributed by atoms with Gasteiger partial charge in [-0.05, 0) is 57.1 Å². The van der Waals surface area contributed by atoms with Crippen molar-refractivity contribution >= 4 is 6.03 Å². The number of ether oxygens (including phenoxy) is 2. The van der Waals surface area contributed by atoms with E-state index in [1.165, 1.54) is 12.8 Å². The maximum Gasteiger partial charge on any atom is 0.315 e. The summed E-state index contributed by atoms with van der Waals surface area (Å²) in [4.78, 5) is 12.2. The quantitative estimate of drug-likeness (QED) is 0.842. The molecule has 2 aliphatic rings. The molecular formula is C19H28N2O3. The van der Waals surface area contributed by atoms with Gasteiger partial charge in [-0.2, -0.15) is 0 Å². The van der Waals surface area contributed by atoms with E-state index in [2.05, 4.69) is 10.6 Å². The van der Waals surface area contributed by atoms with Crippen molar-refractivity contribution < 1.29 is 14.3 Å². The van der Waals surface area contributed by atoms with Crippen molar-refractivity contribution in [3.63, 3.8) is 0 Å². The number of carbonyl (C=O) groups is 1. The maximum absolute atomic E-state index is 12.2. The zero-order valence-electron chi connectivity index (χ0n) is 14.6. The van der Waals surface area contributed by atoms with Crippen LogP contribution in [-0.2, 0) is 4.74 Å². The summed E-state index contributed by atoms with van der Waals surface area (Å²) in [6.45, 7) is 5.17. The molecule has 24 heavy (non-hydrogen) atoms. The van der Waals surface area contributed by atoms with Gasteiger partial charge < -0.3 is 20.1 Å². The van der Waals surface area contributed by atoms with E-state index < -0.39 is 0 Å². The Hall–Kier alpha value is -1.75. The summed E-state index contributed by atoms with van der Waals surface area (Å²) in [5.74, 6) is 1.59. The van der Waals surface area contributed by atoms with Crippen molar-refractivity contribution in [3.8, 4) is 5.75 Å². The molecule has 1 aromatic carbocycles. The largest absolute Gasteiger partial charge is 0.491 e. The van der Waals surface area contributed by atoms with E-state index in [1.54, 1.807) is 0 Å². The molecule has 132 valence electrons. The normalized spacial score (nSPS) is 24.9. The highest BCUT2D eigenvalue weighted by atomic mass is 16.5. The Morgan fingerprint density at radius 1 is 1.33 bits per heavy atom. The number of rotatable bonds is 6. The Bertz CT molecular complexity index is 559. The van der Waals surface area contributed by atoms with E-state index in [0.717, 1.165) is 36.7 Å². The van der Waals surface area contributed by atoms with Crippen molar-refractivity contribution in [3.05, 3.63) is 29.8 Å². The van der Waals surface area contributed by atoms with Crippen LogP contribution in [0.1, 0.15) is 38.2 Å². The lowest BCUT2D eigenvalue weighted by atomic mass is 10.0. The summed E-state index contributed by atoms with van der Waals surface area (Å²) in [6, 6.07) is 7.95. The van der Waals surface area contributed by atoms with Crippen molar-refractivity contribution in [1.29, 1.82) is 0 Å². The smallest absolute Gasteiger partial charge is 0.315 e. The highest BCUT2D eigenvalue weighted by Crippen LogP contribution is 2.38. The molecule has 1 aromatic rings. The van der Waals surface area contributed by atoms with Gasteiger partial charge in [-0.15, -0.1) is 0 Å². The average Bonchev–Trinajstić information content (AvgIpc) is 3.39. The molecule has 1 aliphatic heterocycles. The van der Waals surface area contributed by atoms with Gasteiger partial charge in [-0.3, -0.25) is 0 Å². The minimum atomic E-state index is -0.114. The van der Waals surface area contributed by atoms with Crippen LogP contribution in [0.5, 0.6) is 5.75 Å². The minimum Gasteiger partial charge on any atom is -0.491 e. The lowest BCUT2D eigenvalue weighted by molar-refractivity contribution is -0.00919. The van der Waals surface area contributed by atoms with Gasteiger partial charge in [-0.1, -0.05) is 18.2 Å². The molecule has 0 spiro atoms. The molecule has 2 fully saturated rings. The van der Waals surface area contributed by atoms with Crippen molar-refractivity contribution in [2.24, 2.45) is 5.92 Å². The first-order chi connectivity index (χ1) is 11.6. The van der Waals surface area contributed by atoms with Gasteiger partial charge in [0.15, 0.2) is 0 Å². The Morgan fingerprint density at radius 3 is 2.88 bits per heavy atom. The highest BCUT2D eigenvalue weighted by molar-refractivity contribution is 5.74. The molecule has 1 saturated heterocycles. The number of benzene rings is 1. The molecule has 5 nitrogen and oxygen atoms in total. The van der Waals surface area contributed by atoms with Gasteiger partial charge in [0, 0.05) is 12.6 Å². The third kappa shape index (κ3) is 4.87. The first-order valence-corrected chi connectivity index (χ1v) is 8.99. The van der Waals surface area contributed by atoms with E-state index in [0.29, 0.717) is 12.7 Å². The monoisotopic (exact) mass is 332 g/mol. The van der Waals surface area contributed by atoms with Gasteiger partial charge in [0.2, 0.25) is 0 Å². The summed E-state index contributed by atoms with van der Waals surface area (Å²) in [6.07, 6.45) is 4.72. The van der Waals surface area contributed by atoms with Crippen LogP contribution in [0.25, 0.3) is 0 Å². The van der Waals surface area contributed by atoms with E-state index in [1.807, 2.05) is 38.1 Å². The van der Waals surface area contributed by atoms with Gasteiger partial charge in [0.25, 0.3) is 0 Å². The average molecular weight is 332 g/mol. The number of para-hydroxylation sites is 1. The minimum absolute atomic E-state index is 0.0522. The first kappa shape index (κ1) is 17.1. The number of carbonyl (C=O) groups excluding carboxylic acids is 1. The zero-order chi connectivity index (χ0) is 16.9. The number of hydrogen-bond donors (Lipinski definition) is 2. The second-order valence-corrected chi connectivity index (χ2v) is 7.06. The molecular weight excluding hydrogens is 304 g/mol. The molecule has 1 aliphatic carbocycles. The molecule has 5 heteroatoms. The molecule has 0 aromatic heterocycles. The summed E-state index contributed by atoms with van der Waals surface area (Å²) < 4.78 is 11.6. The van der Waals surface area contributed by atoms with Crippen molar-refractivity contribution in [2.75, 3.05) is 13.2 Å². The SMILES string of the molecule is Cc1ccccc1OC[C@H](C)NC(=O)N[C@H]1CCO[C@H](C2CC2)C1. The number of urea groups is 1. The Balaban J connectivity index is 1.38. The van der Waals surface area contributed by atoms with Crippen LogP contribution in [0.3, 0.4) is 0 Å². The van der Waals surface area contributed by atoms with E-state index >= 15 is 0 Å². The summed E-state index contributed by atoms with van der Waals surface area (Å²) >= 11 is 0. The lowest BCUT2D eigenvalue weighted by Gasteiger charge is -2.30. The predicted octanol–water partition coefficient (Wildman–Crippen LogP) is 3.02. The number of amides is 2. The molecule has 2 N–H and O–H groups in total. The summed E-state index contributed by atoms with van der Waals surface area (Å²) in [5, 5.41) is 6.05. The van der Waals surface area contributed by atoms with Gasteiger partial charge in [0.1, 0.15) is 12.4 Å². The summed E-state index contributed by atoms with van der Waals surface area (Å²) in [5.41, 5.74) is 1.10. The van der Waals surface area contributed by atoms with Crippen LogP contribution in [-0.4, -0.2) is 37.4 Å². The maximum atomic E-state index is 12.2. The number of hydrogen-bond acceptors (Lipinski definition) is 3. The third-order valence-corrected chi connectivity index (χ3v) is 4.76. The number of aryl methyl sites for hydroxylation is 1. The third-order valence-electron chi connectivity index (χ3n) is 4.76. The molecule has 1 saturated carbocycles. The Labute approximate surface area is 144 Å². The van der Waals surface area contributed by atoms with Gasteiger partial charge in [0.05, 0.1) is 12.1 Å². The van der Waals surface area contributed by atoms with E-state index in [9.17, 15) is 4.79 Å². The topological polar surface area (TPSA) is 59.6 Å². The van der Waals surface area contributed by atoms with Crippen molar-refractivity contribution in [1.82, 2.24) is 10.6 Å². The highest BCUT2D eigenvalue weighted by Gasteiger charge is 2.36. The van der Waals surface area contributed by atoms with Crippen molar-refractivity contribution in [2.45, 2.75) is 57.7 Å². The van der Waals surface area contributed by atoms with E-state index in [-0.39, 0.29) is 18.1 Å². The van der Waals surface area contributed by atoms with Crippen LogP contribution < -0.4 is 15.4 Å². The predicted molar refractivity (Wildman–Crippen MR) is 93.3 cm³/mol. The molecule has 0 radical (unpaired) electrons. The molecule has 2 amide bonds. The standard InChI is InChI=1S/C19H28N2O3/c1-13-5-3-4-6-17(13)24-12-14(2)20-19(22)21-16-9-10-23-18(11-16)15-7-8-15/h3-6,14-16,18H,7-12H2,1-2H3,(H2,20,21,22)/t14-,16-,18-/m0/s1. The Morgan fingerprint density at radius 2 is 2.12 bits per heavy atom. The van der Waals surface area contributed by atoms with Gasteiger partial charge in [-0.25, -0.2) is 4.79 Å². The van der Waals surface area contributed by atoms with Crippen LogP contribution in [0, 0.1) is 12.8 Å². The lowest BCUT2D eigenvalue weighted by Crippen LogP contribution is -2.49. The second kappa shape index (κ2) is 7.88. The fraction of sp³-hybridized carbons (Fsp3) is 0.632. The Kier molecular flexibility index (Phi) is 5.61. The van der Waals surface area contributed by atoms with Gasteiger partial charge >= 0.3 is 6.03 Å². The first-order valence-electron chi connectivity index (χ1n) is 8.99.